The number of sulfone groups is 1. The van der Waals surface area contributed by atoms with E-state index in [0.29, 0.717) is 51.3 Å². The standard InChI is InChI=1S/C19H31N3O6S/c1-3-22-18-15(7-4-11-27-12-6-10-20-19(18)24)16(21-22)8-5-13-28-17(23)9-14-29(2,25)26/h3-14H2,1-2H3,(H,20,24). The SMILES string of the molecule is CCn1nc(CCCOC(=O)CCS(C)(=O)=O)c2c1C(=O)NCCCOCCC2. The summed E-state index contributed by atoms with van der Waals surface area (Å²) in [5.74, 6) is -0.850. The number of ether oxygens (including phenoxy) is 2. The summed E-state index contributed by atoms with van der Waals surface area (Å²) >= 11 is 0. The van der Waals surface area contributed by atoms with Crippen LogP contribution in [-0.2, 0) is 43.5 Å². The molecule has 0 atom stereocenters. The molecule has 9 nitrogen and oxygen atoms in total. The van der Waals surface area contributed by atoms with Crippen LogP contribution in [0.4, 0.5) is 0 Å². The molecule has 1 aliphatic rings. The molecule has 1 aromatic rings. The summed E-state index contributed by atoms with van der Waals surface area (Å²) in [6, 6.07) is 0. The summed E-state index contributed by atoms with van der Waals surface area (Å²) in [6.07, 6.45) is 4.36. The fraction of sp³-hybridized carbons (Fsp3) is 0.737. The van der Waals surface area contributed by atoms with Crippen LogP contribution in [0.25, 0.3) is 0 Å². The van der Waals surface area contributed by atoms with Crippen molar-refractivity contribution in [1.29, 1.82) is 0 Å². The van der Waals surface area contributed by atoms with Crippen LogP contribution in [0.2, 0.25) is 0 Å². The molecule has 0 unspecified atom stereocenters. The Labute approximate surface area is 172 Å². The fourth-order valence-corrected chi connectivity index (χ4v) is 3.71. The van der Waals surface area contributed by atoms with Gasteiger partial charge in [0.05, 0.1) is 24.5 Å². The minimum absolute atomic E-state index is 0.116. The largest absolute Gasteiger partial charge is 0.466 e. The van der Waals surface area contributed by atoms with Gasteiger partial charge in [-0.1, -0.05) is 0 Å². The Bertz CT molecular complexity index is 803. The van der Waals surface area contributed by atoms with E-state index in [1.165, 1.54) is 0 Å². The molecule has 0 bridgehead atoms. The lowest BCUT2D eigenvalue weighted by atomic mass is 10.0. The molecule has 1 N–H and O–H groups in total. The van der Waals surface area contributed by atoms with E-state index in [2.05, 4.69) is 10.4 Å². The van der Waals surface area contributed by atoms with E-state index in [1.807, 2.05) is 6.92 Å². The minimum atomic E-state index is -3.18. The molecule has 0 spiro atoms. The first-order chi connectivity index (χ1) is 13.8. The third kappa shape index (κ3) is 7.77. The van der Waals surface area contributed by atoms with E-state index in [9.17, 15) is 18.0 Å². The van der Waals surface area contributed by atoms with Gasteiger partial charge in [-0.3, -0.25) is 14.3 Å². The van der Waals surface area contributed by atoms with Crippen LogP contribution in [-0.4, -0.2) is 68.4 Å². The van der Waals surface area contributed by atoms with Crippen molar-refractivity contribution in [3.05, 3.63) is 17.0 Å². The first-order valence-corrected chi connectivity index (χ1v) is 12.2. The number of rotatable bonds is 8. The second-order valence-electron chi connectivity index (χ2n) is 7.12. The average Bonchev–Trinajstić information content (AvgIpc) is 3.00. The number of nitrogens with one attached hydrogen (secondary N) is 1. The van der Waals surface area contributed by atoms with Gasteiger partial charge >= 0.3 is 5.97 Å². The highest BCUT2D eigenvalue weighted by Crippen LogP contribution is 2.19. The summed E-state index contributed by atoms with van der Waals surface area (Å²) in [7, 11) is -3.18. The van der Waals surface area contributed by atoms with E-state index in [4.69, 9.17) is 9.47 Å². The molecule has 2 rings (SSSR count). The van der Waals surface area contributed by atoms with Crippen LogP contribution in [0.3, 0.4) is 0 Å². The number of esters is 1. The van der Waals surface area contributed by atoms with Crippen molar-refractivity contribution >= 4 is 21.7 Å². The number of carbonyl (C=O) groups excluding carboxylic acids is 2. The van der Waals surface area contributed by atoms with Gasteiger partial charge in [-0.2, -0.15) is 5.10 Å². The highest BCUT2D eigenvalue weighted by atomic mass is 32.2. The van der Waals surface area contributed by atoms with Crippen LogP contribution in [0.15, 0.2) is 0 Å². The van der Waals surface area contributed by atoms with Crippen molar-refractivity contribution in [2.75, 3.05) is 38.4 Å². The summed E-state index contributed by atoms with van der Waals surface area (Å²) in [4.78, 5) is 24.3. The molecular weight excluding hydrogens is 398 g/mol. The van der Waals surface area contributed by atoms with Crippen LogP contribution >= 0.6 is 0 Å². The molecular formula is C19H31N3O6S. The third-order valence-corrected chi connectivity index (χ3v) is 5.56. The van der Waals surface area contributed by atoms with Gasteiger partial charge < -0.3 is 14.8 Å². The van der Waals surface area contributed by atoms with Crippen molar-refractivity contribution in [2.24, 2.45) is 0 Å². The summed E-state index contributed by atoms with van der Waals surface area (Å²) in [5, 5.41) is 7.54. The van der Waals surface area contributed by atoms with Crippen LogP contribution < -0.4 is 5.32 Å². The lowest BCUT2D eigenvalue weighted by Gasteiger charge is -2.08. The van der Waals surface area contributed by atoms with Gasteiger partial charge in [0.2, 0.25) is 0 Å². The van der Waals surface area contributed by atoms with Gasteiger partial charge in [-0.15, -0.1) is 0 Å². The number of amides is 1. The Morgan fingerprint density at radius 2 is 2.07 bits per heavy atom. The van der Waals surface area contributed by atoms with E-state index >= 15 is 0 Å². The minimum Gasteiger partial charge on any atom is -0.466 e. The zero-order chi connectivity index (χ0) is 21.3. The number of nitrogens with zero attached hydrogens (tertiary/aromatic N) is 2. The monoisotopic (exact) mass is 429 g/mol. The predicted molar refractivity (Wildman–Crippen MR) is 108 cm³/mol. The second kappa shape index (κ2) is 11.3. The van der Waals surface area contributed by atoms with Crippen LogP contribution in [0.5, 0.6) is 0 Å². The first kappa shape index (κ1) is 23.3. The summed E-state index contributed by atoms with van der Waals surface area (Å²) in [6.45, 7) is 4.56. The Balaban J connectivity index is 1.99. The van der Waals surface area contributed by atoms with E-state index in [0.717, 1.165) is 30.4 Å². The molecule has 0 radical (unpaired) electrons. The van der Waals surface area contributed by atoms with Crippen molar-refractivity contribution < 1.29 is 27.5 Å². The van der Waals surface area contributed by atoms with Crippen molar-refractivity contribution in [3.63, 3.8) is 0 Å². The van der Waals surface area contributed by atoms with Gasteiger partial charge in [0.15, 0.2) is 0 Å². The first-order valence-electron chi connectivity index (χ1n) is 10.1. The maximum absolute atomic E-state index is 12.7. The lowest BCUT2D eigenvalue weighted by Crippen LogP contribution is -2.28. The van der Waals surface area contributed by atoms with E-state index in [-0.39, 0.29) is 24.7 Å². The van der Waals surface area contributed by atoms with E-state index < -0.39 is 15.8 Å². The Hall–Kier alpha value is -1.94. The maximum Gasteiger partial charge on any atom is 0.306 e. The van der Waals surface area contributed by atoms with Crippen LogP contribution in [0.1, 0.15) is 54.4 Å². The Morgan fingerprint density at radius 3 is 2.79 bits per heavy atom. The van der Waals surface area contributed by atoms with Crippen molar-refractivity contribution in [3.8, 4) is 0 Å². The molecule has 1 aromatic heterocycles. The molecule has 10 heteroatoms. The van der Waals surface area contributed by atoms with E-state index in [1.54, 1.807) is 4.68 Å². The fourth-order valence-electron chi connectivity index (χ4n) is 3.17. The zero-order valence-corrected chi connectivity index (χ0v) is 18.1. The highest BCUT2D eigenvalue weighted by molar-refractivity contribution is 7.90. The lowest BCUT2D eigenvalue weighted by molar-refractivity contribution is -0.143. The molecule has 0 aromatic carbocycles. The number of fused-ring (bicyclic) bond motifs is 1. The maximum atomic E-state index is 12.7. The quantitative estimate of drug-likeness (QED) is 0.482. The van der Waals surface area contributed by atoms with Crippen LogP contribution in [0, 0.1) is 0 Å². The average molecular weight is 430 g/mol. The van der Waals surface area contributed by atoms with Gasteiger partial charge in [0.1, 0.15) is 15.5 Å². The predicted octanol–water partition coefficient (Wildman–Crippen LogP) is 0.896. The second-order valence-corrected chi connectivity index (χ2v) is 9.38. The molecule has 2 heterocycles. The molecule has 1 aliphatic heterocycles. The molecule has 164 valence electrons. The molecule has 1 amide bonds. The topological polar surface area (TPSA) is 117 Å². The molecule has 0 fully saturated rings. The third-order valence-electron chi connectivity index (χ3n) is 4.61. The van der Waals surface area contributed by atoms with Crippen molar-refractivity contribution in [2.45, 2.75) is 52.0 Å². The summed E-state index contributed by atoms with van der Waals surface area (Å²) in [5.41, 5.74) is 2.37. The van der Waals surface area contributed by atoms with Gasteiger partial charge in [0.25, 0.3) is 5.91 Å². The normalized spacial score (nSPS) is 15.9. The molecule has 0 aliphatic carbocycles. The number of hydrogen-bond donors (Lipinski definition) is 1. The van der Waals surface area contributed by atoms with Gasteiger partial charge in [-0.05, 0) is 39.0 Å². The summed E-state index contributed by atoms with van der Waals surface area (Å²) < 4.78 is 34.6. The Morgan fingerprint density at radius 1 is 1.31 bits per heavy atom. The molecule has 0 saturated carbocycles. The molecule has 29 heavy (non-hydrogen) atoms. The van der Waals surface area contributed by atoms with Gasteiger partial charge in [-0.25, -0.2) is 8.42 Å². The van der Waals surface area contributed by atoms with Crippen molar-refractivity contribution in [1.82, 2.24) is 15.1 Å². The smallest absolute Gasteiger partial charge is 0.306 e. The Kier molecular flexibility index (Phi) is 9.09. The molecule has 0 saturated heterocycles. The zero-order valence-electron chi connectivity index (χ0n) is 17.2. The highest BCUT2D eigenvalue weighted by Gasteiger charge is 2.22. The number of aromatic nitrogens is 2. The number of carbonyl (C=O) groups is 2. The van der Waals surface area contributed by atoms with Gasteiger partial charge in [0, 0.05) is 38.1 Å². The number of aryl methyl sites for hydroxylation is 2. The number of hydrogen-bond acceptors (Lipinski definition) is 7.